The Bertz CT molecular complexity index is 1100. The molecule has 28 heavy (non-hydrogen) atoms. The summed E-state index contributed by atoms with van der Waals surface area (Å²) < 4.78 is 27.4. The molecule has 0 fully saturated rings. The minimum Gasteiger partial charge on any atom is -0.348 e. The molecule has 0 heterocycles. The smallest absolute Gasteiger partial charge is 0.261 e. The number of sulfonamides is 1. The summed E-state index contributed by atoms with van der Waals surface area (Å²) in [7, 11) is -3.75. The van der Waals surface area contributed by atoms with Gasteiger partial charge < -0.3 is 5.32 Å². The predicted molar refractivity (Wildman–Crippen MR) is 111 cm³/mol. The van der Waals surface area contributed by atoms with Gasteiger partial charge in [-0.05, 0) is 42.8 Å². The van der Waals surface area contributed by atoms with E-state index in [1.807, 2.05) is 31.2 Å². The number of benzene rings is 3. The van der Waals surface area contributed by atoms with Crippen LogP contribution in [0.25, 0.3) is 0 Å². The molecule has 3 aromatic rings. The van der Waals surface area contributed by atoms with Crippen molar-refractivity contribution < 1.29 is 13.2 Å². The number of aryl methyl sites for hydroxylation is 1. The zero-order valence-corrected chi connectivity index (χ0v) is 16.7. The molecule has 0 unspecified atom stereocenters. The summed E-state index contributed by atoms with van der Waals surface area (Å²) in [4.78, 5) is 12.7. The molecular weight excluding hydrogens is 396 g/mol. The van der Waals surface area contributed by atoms with Crippen molar-refractivity contribution in [2.75, 3.05) is 4.72 Å². The van der Waals surface area contributed by atoms with Crippen molar-refractivity contribution in [2.24, 2.45) is 0 Å². The monoisotopic (exact) mass is 414 g/mol. The zero-order valence-electron chi connectivity index (χ0n) is 15.1. The van der Waals surface area contributed by atoms with Crippen LogP contribution in [0.3, 0.4) is 0 Å². The third-order valence-corrected chi connectivity index (χ3v) is 5.78. The van der Waals surface area contributed by atoms with E-state index in [2.05, 4.69) is 10.0 Å². The summed E-state index contributed by atoms with van der Waals surface area (Å²) in [6.45, 7) is 2.32. The first-order chi connectivity index (χ1) is 13.3. The molecule has 7 heteroatoms. The molecule has 0 radical (unpaired) electrons. The van der Waals surface area contributed by atoms with E-state index in [1.54, 1.807) is 18.2 Å². The Morgan fingerprint density at radius 2 is 1.71 bits per heavy atom. The van der Waals surface area contributed by atoms with E-state index >= 15 is 0 Å². The molecule has 3 aromatic carbocycles. The van der Waals surface area contributed by atoms with Crippen LogP contribution in [-0.2, 0) is 16.6 Å². The molecule has 0 aliphatic heterocycles. The van der Waals surface area contributed by atoms with Gasteiger partial charge in [0.1, 0.15) is 0 Å². The molecule has 0 atom stereocenters. The molecule has 5 nitrogen and oxygen atoms in total. The van der Waals surface area contributed by atoms with Crippen molar-refractivity contribution in [3.63, 3.8) is 0 Å². The lowest BCUT2D eigenvalue weighted by atomic mass is 10.1. The van der Waals surface area contributed by atoms with E-state index < -0.39 is 10.0 Å². The lowest BCUT2D eigenvalue weighted by Gasteiger charge is -2.11. The molecule has 144 valence electrons. The van der Waals surface area contributed by atoms with Crippen molar-refractivity contribution in [1.82, 2.24) is 5.32 Å². The number of halogens is 1. The van der Waals surface area contributed by atoms with E-state index in [0.29, 0.717) is 6.54 Å². The van der Waals surface area contributed by atoms with E-state index in [0.717, 1.165) is 11.1 Å². The van der Waals surface area contributed by atoms with Crippen molar-refractivity contribution in [3.8, 4) is 0 Å². The van der Waals surface area contributed by atoms with Gasteiger partial charge in [-0.3, -0.25) is 9.52 Å². The molecule has 0 saturated heterocycles. The molecule has 0 saturated carbocycles. The Balaban J connectivity index is 1.76. The molecule has 0 bridgehead atoms. The normalized spacial score (nSPS) is 11.1. The fraction of sp³-hybridized carbons (Fsp3) is 0.0952. The van der Waals surface area contributed by atoms with Crippen LogP contribution in [0.1, 0.15) is 21.5 Å². The highest BCUT2D eigenvalue weighted by Crippen LogP contribution is 2.23. The number of nitrogens with one attached hydrogen (secondary N) is 2. The number of carbonyl (C=O) groups is 1. The highest BCUT2D eigenvalue weighted by atomic mass is 35.5. The Labute approximate surface area is 169 Å². The summed E-state index contributed by atoms with van der Waals surface area (Å²) in [6, 6.07) is 20.2. The Morgan fingerprint density at radius 1 is 0.964 bits per heavy atom. The average molecular weight is 415 g/mol. The van der Waals surface area contributed by atoms with Gasteiger partial charge in [0.05, 0.1) is 15.5 Å². The van der Waals surface area contributed by atoms with Gasteiger partial charge in [-0.2, -0.15) is 0 Å². The quantitative estimate of drug-likeness (QED) is 0.628. The van der Waals surface area contributed by atoms with Crippen molar-refractivity contribution >= 4 is 33.2 Å². The third-order valence-electron chi connectivity index (χ3n) is 4.05. The second-order valence-electron chi connectivity index (χ2n) is 6.28. The Morgan fingerprint density at radius 3 is 2.43 bits per heavy atom. The maximum absolute atomic E-state index is 12.5. The SMILES string of the molecule is Cc1cccc(CNC(=O)c2cc(NS(=O)(=O)c3ccccc3)ccc2Cl)c1. The van der Waals surface area contributed by atoms with Gasteiger partial charge >= 0.3 is 0 Å². The maximum Gasteiger partial charge on any atom is 0.261 e. The third kappa shape index (κ3) is 4.91. The van der Waals surface area contributed by atoms with Crippen molar-refractivity contribution in [3.05, 3.63) is 94.5 Å². The Kier molecular flexibility index (Phi) is 6.02. The van der Waals surface area contributed by atoms with Gasteiger partial charge in [0, 0.05) is 12.2 Å². The lowest BCUT2D eigenvalue weighted by molar-refractivity contribution is 0.0951. The summed E-state index contributed by atoms with van der Waals surface area (Å²) in [5.74, 6) is -0.382. The van der Waals surface area contributed by atoms with Crippen LogP contribution in [0.2, 0.25) is 5.02 Å². The number of hydrogen-bond donors (Lipinski definition) is 2. The number of rotatable bonds is 6. The molecule has 0 spiro atoms. The molecule has 3 rings (SSSR count). The first kappa shape index (κ1) is 19.9. The van der Waals surface area contributed by atoms with E-state index in [-0.39, 0.29) is 27.1 Å². The predicted octanol–water partition coefficient (Wildman–Crippen LogP) is 4.38. The lowest BCUT2D eigenvalue weighted by Crippen LogP contribution is -2.23. The van der Waals surface area contributed by atoms with E-state index in [1.165, 1.54) is 30.3 Å². The average Bonchev–Trinajstić information content (AvgIpc) is 2.68. The molecular formula is C21H19ClN2O3S. The number of hydrogen-bond acceptors (Lipinski definition) is 3. The fourth-order valence-electron chi connectivity index (χ4n) is 2.68. The van der Waals surface area contributed by atoms with Crippen LogP contribution in [-0.4, -0.2) is 14.3 Å². The topological polar surface area (TPSA) is 75.3 Å². The number of amides is 1. The second kappa shape index (κ2) is 8.46. The van der Waals surface area contributed by atoms with Gasteiger partial charge in [0.15, 0.2) is 0 Å². The summed E-state index contributed by atoms with van der Waals surface area (Å²) in [5.41, 5.74) is 2.52. The van der Waals surface area contributed by atoms with Gasteiger partial charge in [-0.1, -0.05) is 59.6 Å². The fourth-order valence-corrected chi connectivity index (χ4v) is 3.95. The highest BCUT2D eigenvalue weighted by molar-refractivity contribution is 7.92. The van der Waals surface area contributed by atoms with Crippen LogP contribution in [0.4, 0.5) is 5.69 Å². The minimum absolute atomic E-state index is 0.135. The second-order valence-corrected chi connectivity index (χ2v) is 8.37. The van der Waals surface area contributed by atoms with Crippen molar-refractivity contribution in [2.45, 2.75) is 18.4 Å². The van der Waals surface area contributed by atoms with Crippen molar-refractivity contribution in [1.29, 1.82) is 0 Å². The summed E-state index contributed by atoms with van der Waals surface area (Å²) in [6.07, 6.45) is 0. The first-order valence-electron chi connectivity index (χ1n) is 8.56. The largest absolute Gasteiger partial charge is 0.348 e. The molecule has 0 aromatic heterocycles. The minimum atomic E-state index is -3.75. The van der Waals surface area contributed by atoms with Crippen LogP contribution in [0, 0.1) is 6.92 Å². The standard InChI is InChI=1S/C21H19ClN2O3S/c1-15-6-5-7-16(12-15)14-23-21(25)19-13-17(10-11-20(19)22)24-28(26,27)18-8-3-2-4-9-18/h2-13,24H,14H2,1H3,(H,23,25). The van der Waals surface area contributed by atoms with Crippen LogP contribution in [0.15, 0.2) is 77.7 Å². The summed E-state index contributed by atoms with van der Waals surface area (Å²) in [5, 5.41) is 3.04. The Hall–Kier alpha value is -2.83. The molecule has 1 amide bonds. The van der Waals surface area contributed by atoms with Gasteiger partial charge in [-0.15, -0.1) is 0 Å². The zero-order chi connectivity index (χ0) is 20.1. The van der Waals surface area contributed by atoms with Gasteiger partial charge in [0.25, 0.3) is 15.9 Å². The van der Waals surface area contributed by atoms with E-state index in [9.17, 15) is 13.2 Å². The van der Waals surface area contributed by atoms with Crippen LogP contribution in [0.5, 0.6) is 0 Å². The van der Waals surface area contributed by atoms with Crippen LogP contribution < -0.4 is 10.0 Å². The number of anilines is 1. The van der Waals surface area contributed by atoms with Gasteiger partial charge in [-0.25, -0.2) is 8.42 Å². The molecule has 2 N–H and O–H groups in total. The van der Waals surface area contributed by atoms with E-state index in [4.69, 9.17) is 11.6 Å². The first-order valence-corrected chi connectivity index (χ1v) is 10.4. The van der Waals surface area contributed by atoms with Gasteiger partial charge in [0.2, 0.25) is 0 Å². The number of carbonyl (C=O) groups excluding carboxylic acids is 1. The maximum atomic E-state index is 12.5. The van der Waals surface area contributed by atoms with Crippen LogP contribution >= 0.6 is 11.6 Å². The highest BCUT2D eigenvalue weighted by Gasteiger charge is 2.16. The molecule has 0 aliphatic rings. The molecule has 0 aliphatic carbocycles. The summed E-state index contributed by atoms with van der Waals surface area (Å²) >= 11 is 6.15.